The molecule has 1 aromatic rings. The van der Waals surface area contributed by atoms with Crippen molar-refractivity contribution in [3.63, 3.8) is 0 Å². The Kier molecular flexibility index (Phi) is 4.89. The van der Waals surface area contributed by atoms with Gasteiger partial charge in [-0.3, -0.25) is 4.90 Å². The van der Waals surface area contributed by atoms with E-state index in [9.17, 15) is 8.42 Å². The molecule has 112 valence electrons. The smallest absolute Gasteiger partial charge is 0.151 e. The lowest BCUT2D eigenvalue weighted by molar-refractivity contribution is 0.192. The number of benzene rings is 1. The van der Waals surface area contributed by atoms with E-state index in [-0.39, 0.29) is 17.8 Å². The average molecular weight is 361 g/mol. The largest absolute Gasteiger partial charge is 0.329 e. The Hall–Kier alpha value is -0.430. The second kappa shape index (κ2) is 6.13. The first-order valence-electron chi connectivity index (χ1n) is 6.72. The fourth-order valence-electron chi connectivity index (χ4n) is 2.76. The van der Waals surface area contributed by atoms with Crippen LogP contribution in [0.2, 0.25) is 0 Å². The molecule has 1 fully saturated rings. The fraction of sp³-hybridized carbons (Fsp3) is 0.571. The summed E-state index contributed by atoms with van der Waals surface area (Å²) in [5.74, 6) is 0.536. The highest BCUT2D eigenvalue weighted by molar-refractivity contribution is 9.10. The van der Waals surface area contributed by atoms with Crippen LogP contribution in [-0.2, 0) is 9.84 Å². The van der Waals surface area contributed by atoms with Gasteiger partial charge in [-0.2, -0.15) is 0 Å². The van der Waals surface area contributed by atoms with Crippen LogP contribution in [0.1, 0.15) is 23.6 Å². The predicted molar refractivity (Wildman–Crippen MR) is 85.5 cm³/mol. The lowest BCUT2D eigenvalue weighted by atomic mass is 10.0. The van der Waals surface area contributed by atoms with E-state index >= 15 is 0 Å². The number of nitrogens with zero attached hydrogens (tertiary/aromatic N) is 1. The number of halogens is 1. The lowest BCUT2D eigenvalue weighted by Crippen LogP contribution is -2.39. The van der Waals surface area contributed by atoms with Gasteiger partial charge in [0.2, 0.25) is 0 Å². The molecule has 0 saturated carbocycles. The fourth-order valence-corrected chi connectivity index (χ4v) is 4.80. The summed E-state index contributed by atoms with van der Waals surface area (Å²) in [6, 6.07) is 6.31. The molecule has 1 aliphatic heterocycles. The Morgan fingerprint density at radius 1 is 1.50 bits per heavy atom. The highest BCUT2D eigenvalue weighted by atomic mass is 79.9. The zero-order valence-electron chi connectivity index (χ0n) is 11.8. The molecule has 0 aliphatic carbocycles. The standard InChI is InChI=1S/C14H21BrN2O2S/c1-10-7-11(3-4-13(10)15)14(8-16)17(2)12-5-6-20(18,19)9-12/h3-4,7,12,14H,5-6,8-9,16H2,1-2H3. The summed E-state index contributed by atoms with van der Waals surface area (Å²) in [6.45, 7) is 2.52. The minimum absolute atomic E-state index is 0.0556. The van der Waals surface area contributed by atoms with Crippen LogP contribution < -0.4 is 5.73 Å². The maximum Gasteiger partial charge on any atom is 0.151 e. The van der Waals surface area contributed by atoms with Crippen molar-refractivity contribution in [3.05, 3.63) is 33.8 Å². The summed E-state index contributed by atoms with van der Waals surface area (Å²) in [4.78, 5) is 2.12. The Bertz CT molecular complexity index is 589. The molecule has 0 radical (unpaired) electrons. The third kappa shape index (κ3) is 3.42. The second-order valence-electron chi connectivity index (χ2n) is 5.48. The van der Waals surface area contributed by atoms with Gasteiger partial charge in [0, 0.05) is 23.1 Å². The van der Waals surface area contributed by atoms with Crippen LogP contribution in [0.4, 0.5) is 0 Å². The minimum atomic E-state index is -2.87. The number of hydrogen-bond acceptors (Lipinski definition) is 4. The molecule has 1 saturated heterocycles. The monoisotopic (exact) mass is 360 g/mol. The van der Waals surface area contributed by atoms with Gasteiger partial charge in [-0.25, -0.2) is 8.42 Å². The molecule has 0 amide bonds. The first-order chi connectivity index (χ1) is 9.34. The Balaban J connectivity index is 2.21. The molecular formula is C14H21BrN2O2S. The molecule has 0 aromatic heterocycles. The van der Waals surface area contributed by atoms with Gasteiger partial charge in [-0.15, -0.1) is 0 Å². The molecule has 2 rings (SSSR count). The van der Waals surface area contributed by atoms with E-state index in [2.05, 4.69) is 33.0 Å². The number of hydrogen-bond donors (Lipinski definition) is 1. The predicted octanol–water partition coefficient (Wildman–Crippen LogP) is 1.88. The van der Waals surface area contributed by atoms with Crippen molar-refractivity contribution in [3.8, 4) is 0 Å². The van der Waals surface area contributed by atoms with E-state index in [1.807, 2.05) is 20.0 Å². The minimum Gasteiger partial charge on any atom is -0.329 e. The third-order valence-corrected chi connectivity index (χ3v) is 6.71. The van der Waals surface area contributed by atoms with Crippen molar-refractivity contribution >= 4 is 25.8 Å². The van der Waals surface area contributed by atoms with Gasteiger partial charge in [-0.05, 0) is 37.6 Å². The topological polar surface area (TPSA) is 63.4 Å². The van der Waals surface area contributed by atoms with Crippen LogP contribution >= 0.6 is 15.9 Å². The normalized spacial score (nSPS) is 23.1. The SMILES string of the molecule is Cc1cc(C(CN)N(C)C2CCS(=O)(=O)C2)ccc1Br. The van der Waals surface area contributed by atoms with E-state index in [1.54, 1.807) is 0 Å². The lowest BCUT2D eigenvalue weighted by Gasteiger charge is -2.32. The number of rotatable bonds is 4. The van der Waals surface area contributed by atoms with Gasteiger partial charge in [0.05, 0.1) is 11.5 Å². The maximum atomic E-state index is 11.6. The van der Waals surface area contributed by atoms with Crippen molar-refractivity contribution in [2.24, 2.45) is 5.73 Å². The summed E-state index contributed by atoms with van der Waals surface area (Å²) in [5, 5.41) is 0. The van der Waals surface area contributed by atoms with Crippen molar-refractivity contribution in [2.75, 3.05) is 25.1 Å². The molecule has 4 nitrogen and oxygen atoms in total. The highest BCUT2D eigenvalue weighted by Gasteiger charge is 2.33. The van der Waals surface area contributed by atoms with Crippen LogP contribution in [0.25, 0.3) is 0 Å². The number of likely N-dealkylation sites (N-methyl/N-ethyl adjacent to an activating group) is 1. The second-order valence-corrected chi connectivity index (χ2v) is 8.57. The van der Waals surface area contributed by atoms with Gasteiger partial charge in [0.1, 0.15) is 0 Å². The van der Waals surface area contributed by atoms with Crippen molar-refractivity contribution in [1.82, 2.24) is 4.90 Å². The Morgan fingerprint density at radius 2 is 2.20 bits per heavy atom. The molecule has 20 heavy (non-hydrogen) atoms. The van der Waals surface area contributed by atoms with Crippen LogP contribution in [0.15, 0.2) is 22.7 Å². The Labute approximate surface area is 129 Å². The van der Waals surface area contributed by atoms with Gasteiger partial charge >= 0.3 is 0 Å². The van der Waals surface area contributed by atoms with Crippen molar-refractivity contribution in [1.29, 1.82) is 0 Å². The van der Waals surface area contributed by atoms with E-state index in [1.165, 1.54) is 0 Å². The number of aryl methyl sites for hydroxylation is 1. The molecular weight excluding hydrogens is 340 g/mol. The molecule has 2 atom stereocenters. The summed E-state index contributed by atoms with van der Waals surface area (Å²) >= 11 is 3.49. The molecule has 1 aliphatic rings. The van der Waals surface area contributed by atoms with Crippen LogP contribution in [0, 0.1) is 6.92 Å². The van der Waals surface area contributed by atoms with Crippen molar-refractivity contribution in [2.45, 2.75) is 25.4 Å². The first kappa shape index (κ1) is 15.9. The maximum absolute atomic E-state index is 11.6. The molecule has 6 heteroatoms. The van der Waals surface area contributed by atoms with Gasteiger partial charge in [0.25, 0.3) is 0 Å². The van der Waals surface area contributed by atoms with Crippen molar-refractivity contribution < 1.29 is 8.42 Å². The number of sulfone groups is 1. The average Bonchev–Trinajstić information content (AvgIpc) is 2.75. The van der Waals surface area contributed by atoms with E-state index in [4.69, 9.17) is 5.73 Å². The van der Waals surface area contributed by atoms with Crippen LogP contribution in [0.5, 0.6) is 0 Å². The van der Waals surface area contributed by atoms with Crippen LogP contribution in [0.3, 0.4) is 0 Å². The zero-order chi connectivity index (χ0) is 14.9. The number of nitrogens with two attached hydrogens (primary N) is 1. The third-order valence-electron chi connectivity index (χ3n) is 4.07. The van der Waals surface area contributed by atoms with Gasteiger partial charge in [0.15, 0.2) is 9.84 Å². The summed E-state index contributed by atoms with van der Waals surface area (Å²) < 4.78 is 24.3. The quantitative estimate of drug-likeness (QED) is 0.890. The molecule has 1 heterocycles. The van der Waals surface area contributed by atoms with Gasteiger partial charge < -0.3 is 5.73 Å². The van der Waals surface area contributed by atoms with E-state index in [0.29, 0.717) is 18.7 Å². The first-order valence-corrected chi connectivity index (χ1v) is 9.34. The molecule has 0 bridgehead atoms. The summed E-state index contributed by atoms with van der Waals surface area (Å²) in [6.07, 6.45) is 0.699. The molecule has 0 spiro atoms. The molecule has 1 aromatic carbocycles. The summed E-state index contributed by atoms with van der Waals surface area (Å²) in [5.41, 5.74) is 8.23. The molecule has 2 N–H and O–H groups in total. The zero-order valence-corrected chi connectivity index (χ0v) is 14.2. The van der Waals surface area contributed by atoms with E-state index < -0.39 is 9.84 Å². The van der Waals surface area contributed by atoms with Gasteiger partial charge in [-0.1, -0.05) is 28.1 Å². The summed E-state index contributed by atoms with van der Waals surface area (Å²) in [7, 11) is -0.897. The van der Waals surface area contributed by atoms with E-state index in [0.717, 1.165) is 15.6 Å². The highest BCUT2D eigenvalue weighted by Crippen LogP contribution is 2.28. The molecule has 2 unspecified atom stereocenters. The Morgan fingerprint density at radius 3 is 2.70 bits per heavy atom. The van der Waals surface area contributed by atoms with Crippen LogP contribution in [-0.4, -0.2) is 44.5 Å².